The summed E-state index contributed by atoms with van der Waals surface area (Å²) in [5.41, 5.74) is 3.69. The SMILES string of the molecule is NC(Cc1c(F)ccc(F)c1F)C(F)(F)F. The molecule has 0 saturated heterocycles. The van der Waals surface area contributed by atoms with E-state index in [4.69, 9.17) is 0 Å². The van der Waals surface area contributed by atoms with Gasteiger partial charge >= 0.3 is 6.18 Å². The van der Waals surface area contributed by atoms with E-state index in [1.54, 1.807) is 0 Å². The third-order valence-electron chi connectivity index (χ3n) is 1.98. The lowest BCUT2D eigenvalue weighted by atomic mass is 10.0. The van der Waals surface area contributed by atoms with Gasteiger partial charge in [-0.05, 0) is 12.1 Å². The van der Waals surface area contributed by atoms with Crippen molar-refractivity contribution in [1.82, 2.24) is 0 Å². The molecule has 0 aliphatic carbocycles. The van der Waals surface area contributed by atoms with Crippen LogP contribution in [0.1, 0.15) is 5.56 Å². The summed E-state index contributed by atoms with van der Waals surface area (Å²) in [6.45, 7) is 0. The van der Waals surface area contributed by atoms with Crippen LogP contribution < -0.4 is 5.73 Å². The average molecular weight is 243 g/mol. The summed E-state index contributed by atoms with van der Waals surface area (Å²) in [7, 11) is 0. The minimum absolute atomic E-state index is 0.493. The molecular weight excluding hydrogens is 236 g/mol. The Morgan fingerprint density at radius 2 is 1.56 bits per heavy atom. The fourth-order valence-electron chi connectivity index (χ4n) is 1.09. The number of hydrogen-bond donors (Lipinski definition) is 1. The number of rotatable bonds is 2. The first kappa shape index (κ1) is 12.8. The monoisotopic (exact) mass is 243 g/mol. The fourth-order valence-corrected chi connectivity index (χ4v) is 1.09. The fraction of sp³-hybridized carbons (Fsp3) is 0.333. The van der Waals surface area contributed by atoms with E-state index in [0.717, 1.165) is 0 Å². The minimum atomic E-state index is -4.79. The summed E-state index contributed by atoms with van der Waals surface area (Å²) in [4.78, 5) is 0. The largest absolute Gasteiger partial charge is 0.403 e. The lowest BCUT2D eigenvalue weighted by Gasteiger charge is -2.16. The van der Waals surface area contributed by atoms with Crippen molar-refractivity contribution in [1.29, 1.82) is 0 Å². The molecule has 0 radical (unpaired) electrons. The van der Waals surface area contributed by atoms with Crippen LogP contribution in [0.25, 0.3) is 0 Å². The van der Waals surface area contributed by atoms with Crippen molar-refractivity contribution in [3.63, 3.8) is 0 Å². The Hall–Kier alpha value is -1.24. The van der Waals surface area contributed by atoms with Crippen molar-refractivity contribution in [2.24, 2.45) is 5.73 Å². The minimum Gasteiger partial charge on any atom is -0.320 e. The number of halogens is 6. The van der Waals surface area contributed by atoms with Crippen LogP contribution in [0, 0.1) is 17.5 Å². The normalized spacial score (nSPS) is 13.9. The molecule has 1 aromatic carbocycles. The van der Waals surface area contributed by atoms with Gasteiger partial charge in [0.1, 0.15) is 11.9 Å². The zero-order valence-electron chi connectivity index (χ0n) is 7.78. The van der Waals surface area contributed by atoms with Gasteiger partial charge in [0.25, 0.3) is 0 Å². The van der Waals surface area contributed by atoms with Gasteiger partial charge in [0.2, 0.25) is 0 Å². The second-order valence-electron chi connectivity index (χ2n) is 3.17. The number of alkyl halides is 3. The molecule has 1 nitrogen and oxygen atoms in total. The van der Waals surface area contributed by atoms with Crippen LogP contribution >= 0.6 is 0 Å². The molecule has 1 rings (SSSR count). The molecule has 0 saturated carbocycles. The maximum atomic E-state index is 13.0. The van der Waals surface area contributed by atoms with E-state index in [2.05, 4.69) is 5.73 Å². The van der Waals surface area contributed by atoms with Gasteiger partial charge in [-0.2, -0.15) is 13.2 Å². The summed E-state index contributed by atoms with van der Waals surface area (Å²) in [5, 5.41) is 0. The molecule has 0 aliphatic heterocycles. The molecule has 0 heterocycles. The van der Waals surface area contributed by atoms with E-state index < -0.39 is 41.7 Å². The van der Waals surface area contributed by atoms with Gasteiger partial charge in [-0.15, -0.1) is 0 Å². The van der Waals surface area contributed by atoms with Crippen molar-refractivity contribution in [3.8, 4) is 0 Å². The predicted octanol–water partition coefficient (Wildman–Crippen LogP) is 2.54. The molecule has 1 aromatic rings. The van der Waals surface area contributed by atoms with Crippen molar-refractivity contribution in [2.75, 3.05) is 0 Å². The molecule has 0 aliphatic rings. The molecule has 0 bridgehead atoms. The van der Waals surface area contributed by atoms with Crippen molar-refractivity contribution in [3.05, 3.63) is 35.1 Å². The highest BCUT2D eigenvalue weighted by molar-refractivity contribution is 5.22. The molecule has 0 fully saturated rings. The highest BCUT2D eigenvalue weighted by atomic mass is 19.4. The van der Waals surface area contributed by atoms with Crippen LogP contribution in [-0.2, 0) is 6.42 Å². The smallest absolute Gasteiger partial charge is 0.320 e. The van der Waals surface area contributed by atoms with E-state index >= 15 is 0 Å². The van der Waals surface area contributed by atoms with Gasteiger partial charge in [-0.1, -0.05) is 0 Å². The van der Waals surface area contributed by atoms with Crippen LogP contribution in [0.15, 0.2) is 12.1 Å². The molecule has 0 amide bonds. The zero-order chi connectivity index (χ0) is 12.5. The molecule has 0 spiro atoms. The van der Waals surface area contributed by atoms with Gasteiger partial charge in [0.15, 0.2) is 11.6 Å². The lowest BCUT2D eigenvalue weighted by molar-refractivity contribution is -0.147. The summed E-state index contributed by atoms with van der Waals surface area (Å²) >= 11 is 0. The van der Waals surface area contributed by atoms with Crippen LogP contribution in [0.5, 0.6) is 0 Å². The van der Waals surface area contributed by atoms with Gasteiger partial charge < -0.3 is 5.73 Å². The first-order valence-electron chi connectivity index (χ1n) is 4.18. The number of hydrogen-bond acceptors (Lipinski definition) is 1. The summed E-state index contributed by atoms with van der Waals surface area (Å²) < 4.78 is 74.7. The van der Waals surface area contributed by atoms with E-state index in [0.29, 0.717) is 12.1 Å². The Bertz CT molecular complexity index is 386. The lowest BCUT2D eigenvalue weighted by Crippen LogP contribution is -2.39. The summed E-state index contributed by atoms with van der Waals surface area (Å²) in [6, 6.07) is -1.39. The number of nitrogens with two attached hydrogens (primary N) is 1. The summed E-state index contributed by atoms with van der Waals surface area (Å²) in [5.74, 6) is -4.30. The molecule has 7 heteroatoms. The molecule has 2 N–H and O–H groups in total. The molecule has 0 aromatic heterocycles. The molecule has 90 valence electrons. The van der Waals surface area contributed by atoms with Crippen LogP contribution in [0.4, 0.5) is 26.3 Å². The molecule has 1 unspecified atom stereocenters. The second-order valence-corrected chi connectivity index (χ2v) is 3.17. The second kappa shape index (κ2) is 4.32. The third-order valence-corrected chi connectivity index (χ3v) is 1.98. The molecule has 1 atom stereocenters. The first-order valence-corrected chi connectivity index (χ1v) is 4.18. The average Bonchev–Trinajstić information content (AvgIpc) is 2.17. The van der Waals surface area contributed by atoms with Crippen molar-refractivity contribution < 1.29 is 26.3 Å². The quantitative estimate of drug-likeness (QED) is 0.627. The Labute approximate surface area is 86.9 Å². The Balaban J connectivity index is 3.02. The van der Waals surface area contributed by atoms with Crippen molar-refractivity contribution in [2.45, 2.75) is 18.6 Å². The third kappa shape index (κ3) is 2.66. The van der Waals surface area contributed by atoms with Gasteiger partial charge in [0.05, 0.1) is 0 Å². The van der Waals surface area contributed by atoms with E-state index in [1.807, 2.05) is 0 Å². The van der Waals surface area contributed by atoms with E-state index in [1.165, 1.54) is 0 Å². The summed E-state index contributed by atoms with van der Waals surface area (Å²) in [6.07, 6.45) is -5.93. The van der Waals surface area contributed by atoms with Crippen LogP contribution in [0.3, 0.4) is 0 Å². The highest BCUT2D eigenvalue weighted by Gasteiger charge is 2.37. The zero-order valence-corrected chi connectivity index (χ0v) is 7.78. The van der Waals surface area contributed by atoms with E-state index in [9.17, 15) is 26.3 Å². The Kier molecular flexibility index (Phi) is 3.47. The highest BCUT2D eigenvalue weighted by Crippen LogP contribution is 2.24. The maximum absolute atomic E-state index is 13.0. The topological polar surface area (TPSA) is 26.0 Å². The van der Waals surface area contributed by atoms with Gasteiger partial charge in [0, 0.05) is 12.0 Å². The van der Waals surface area contributed by atoms with Crippen LogP contribution in [0.2, 0.25) is 0 Å². The predicted molar refractivity (Wildman–Crippen MR) is 44.1 cm³/mol. The van der Waals surface area contributed by atoms with Crippen molar-refractivity contribution >= 4 is 0 Å². The Morgan fingerprint density at radius 1 is 1.06 bits per heavy atom. The number of benzene rings is 1. The van der Waals surface area contributed by atoms with E-state index in [-0.39, 0.29) is 0 Å². The molecular formula is C9H7F6N. The van der Waals surface area contributed by atoms with Gasteiger partial charge in [-0.3, -0.25) is 0 Å². The van der Waals surface area contributed by atoms with Crippen LogP contribution in [-0.4, -0.2) is 12.2 Å². The molecule has 16 heavy (non-hydrogen) atoms. The first-order chi connectivity index (χ1) is 7.23. The van der Waals surface area contributed by atoms with Gasteiger partial charge in [-0.25, -0.2) is 13.2 Å². The maximum Gasteiger partial charge on any atom is 0.403 e. The Morgan fingerprint density at radius 3 is 2.06 bits per heavy atom. The standard InChI is InChI=1S/C9H7F6N/c10-5-1-2-6(11)8(12)4(5)3-7(16)9(13,14)15/h1-2,7H,3,16H2.